The molecule has 0 amide bonds. The maximum absolute atomic E-state index is 13.1. The molecule has 0 aliphatic carbocycles. The molecule has 0 aromatic heterocycles. The van der Waals surface area contributed by atoms with Crippen molar-refractivity contribution in [2.45, 2.75) is 477 Å². The Labute approximate surface area is 645 Å². The van der Waals surface area contributed by atoms with Crippen molar-refractivity contribution in [3.63, 3.8) is 0 Å². The highest BCUT2D eigenvalue weighted by Crippen LogP contribution is 2.45. The topological polar surface area (TPSA) is 237 Å². The van der Waals surface area contributed by atoms with E-state index in [1.165, 1.54) is 276 Å². The van der Waals surface area contributed by atoms with Crippen LogP contribution in [0.2, 0.25) is 0 Å². The van der Waals surface area contributed by atoms with Crippen LogP contribution in [0.5, 0.6) is 0 Å². The Kier molecular flexibility index (Phi) is 76.0. The first kappa shape index (κ1) is 103. The molecule has 0 heterocycles. The molecule has 0 aliphatic heterocycles. The summed E-state index contributed by atoms with van der Waals surface area (Å²) in [5, 5.41) is 10.7. The molecule has 3 N–H and O–H groups in total. The number of hydrogen-bond acceptors (Lipinski definition) is 15. The molecule has 17 nitrogen and oxygen atoms in total. The summed E-state index contributed by atoms with van der Waals surface area (Å²) in [6, 6.07) is 0. The molecule has 624 valence electrons. The normalized spacial score (nSPS) is 13.8. The lowest BCUT2D eigenvalue weighted by Crippen LogP contribution is -2.30. The lowest BCUT2D eigenvalue weighted by molar-refractivity contribution is -0.161. The van der Waals surface area contributed by atoms with Crippen molar-refractivity contribution >= 4 is 39.5 Å². The van der Waals surface area contributed by atoms with Gasteiger partial charge >= 0.3 is 39.5 Å². The first-order valence-corrected chi connectivity index (χ1v) is 47.5. The third-order valence-corrected chi connectivity index (χ3v) is 22.1. The Balaban J connectivity index is 5.22. The number of phosphoric ester groups is 2. The molecule has 2 unspecified atom stereocenters. The highest BCUT2D eigenvalue weighted by molar-refractivity contribution is 7.47. The van der Waals surface area contributed by atoms with Crippen LogP contribution < -0.4 is 0 Å². The van der Waals surface area contributed by atoms with E-state index in [9.17, 15) is 43.2 Å². The van der Waals surface area contributed by atoms with Crippen LogP contribution in [0.15, 0.2) is 0 Å². The van der Waals surface area contributed by atoms with Crippen LogP contribution in [-0.2, 0) is 65.4 Å². The molecule has 0 aromatic rings. The number of ether oxygens (including phenoxy) is 4. The van der Waals surface area contributed by atoms with Crippen LogP contribution in [0.4, 0.5) is 0 Å². The minimum absolute atomic E-state index is 0.109. The van der Waals surface area contributed by atoms with Crippen molar-refractivity contribution in [1.82, 2.24) is 0 Å². The molecule has 0 aliphatic rings. The highest BCUT2D eigenvalue weighted by Gasteiger charge is 2.30. The van der Waals surface area contributed by atoms with Crippen molar-refractivity contribution in [3.05, 3.63) is 0 Å². The van der Waals surface area contributed by atoms with Gasteiger partial charge in [0, 0.05) is 25.7 Å². The van der Waals surface area contributed by atoms with Crippen LogP contribution in [-0.4, -0.2) is 96.7 Å². The second-order valence-corrected chi connectivity index (χ2v) is 34.8. The molecule has 105 heavy (non-hydrogen) atoms. The number of hydrogen-bond donors (Lipinski definition) is 3. The predicted octanol–water partition coefficient (Wildman–Crippen LogP) is 26.2. The zero-order valence-electron chi connectivity index (χ0n) is 69.0. The summed E-state index contributed by atoms with van der Waals surface area (Å²) < 4.78 is 68.9. The lowest BCUT2D eigenvalue weighted by Gasteiger charge is -2.21. The number of carbonyl (C=O) groups excluding carboxylic acids is 4. The van der Waals surface area contributed by atoms with E-state index in [-0.39, 0.29) is 25.7 Å². The summed E-state index contributed by atoms with van der Waals surface area (Å²) in [5.74, 6) is -0.481. The molecule has 5 atom stereocenters. The molecule has 0 aromatic carbocycles. The van der Waals surface area contributed by atoms with Crippen molar-refractivity contribution in [2.24, 2.45) is 11.8 Å². The summed E-state index contributed by atoms with van der Waals surface area (Å²) in [5.41, 5.74) is 0. The maximum Gasteiger partial charge on any atom is 0.472 e. The monoisotopic (exact) mass is 1540 g/mol. The molecule has 0 bridgehead atoms. The quantitative estimate of drug-likeness (QED) is 0.0222. The molecule has 0 rings (SSSR count). The van der Waals surface area contributed by atoms with E-state index < -0.39 is 97.5 Å². The van der Waals surface area contributed by atoms with Gasteiger partial charge in [-0.05, 0) is 37.5 Å². The number of aliphatic hydroxyl groups excluding tert-OH is 1. The fourth-order valence-corrected chi connectivity index (χ4v) is 15.0. The van der Waals surface area contributed by atoms with Crippen molar-refractivity contribution in [2.75, 3.05) is 39.6 Å². The van der Waals surface area contributed by atoms with Gasteiger partial charge in [0.2, 0.25) is 0 Å². The number of rotatable bonds is 85. The Morgan fingerprint density at radius 3 is 0.648 bits per heavy atom. The van der Waals surface area contributed by atoms with Crippen LogP contribution in [0.25, 0.3) is 0 Å². The average molecular weight is 1540 g/mol. The SMILES string of the molecule is CCCCCCCCCCCCCCCCCCCC(=O)O[C@H](COC(=O)CCCCCCCCCCCC)COP(=O)(O)OC[C@H](O)COP(=O)(O)OC[C@@H](COC(=O)CCCCCCCCCCCCCCCCC(C)C)OC(=O)CCCCCCCCCCCCCCCCCCCCC(C)C. The molecular formula is C86H168O17P2. The standard InChI is InChI=1S/C86H168O17P2/c1-7-9-11-13-15-17-19-20-21-24-28-35-40-46-52-58-64-70-85(90)102-81(74-96-83(88)68-62-56-50-44-18-16-14-12-10-8-2)76-100-104(92,93)98-72-80(87)73-99-105(94,95)101-77-82(75-97-84(89)69-63-57-51-45-39-34-31-30-33-38-43-49-55-61-67-79(5)6)103-86(91)71-65-59-53-47-41-36-29-26-23-22-25-27-32-37-42-48-54-60-66-78(3)4/h78-82,87H,7-77H2,1-6H3,(H,92,93)(H,94,95)/t80-,81+,82+/m0/s1. The highest BCUT2D eigenvalue weighted by atomic mass is 31.2. The van der Waals surface area contributed by atoms with E-state index >= 15 is 0 Å². The van der Waals surface area contributed by atoms with Crippen LogP contribution in [0, 0.1) is 11.8 Å². The van der Waals surface area contributed by atoms with E-state index in [0.29, 0.717) is 25.7 Å². The van der Waals surface area contributed by atoms with Gasteiger partial charge < -0.3 is 33.8 Å². The van der Waals surface area contributed by atoms with E-state index in [2.05, 4.69) is 41.5 Å². The van der Waals surface area contributed by atoms with E-state index in [1.54, 1.807) is 0 Å². The molecular weight excluding hydrogens is 1370 g/mol. The van der Waals surface area contributed by atoms with Crippen LogP contribution >= 0.6 is 15.6 Å². The fraction of sp³-hybridized carbons (Fsp3) is 0.953. The number of phosphoric acid groups is 2. The third-order valence-electron chi connectivity index (χ3n) is 20.2. The summed E-state index contributed by atoms with van der Waals surface area (Å²) in [6.07, 6.45) is 69.4. The summed E-state index contributed by atoms with van der Waals surface area (Å²) in [7, 11) is -9.93. The van der Waals surface area contributed by atoms with Gasteiger partial charge in [-0.25, -0.2) is 9.13 Å². The van der Waals surface area contributed by atoms with E-state index in [1.807, 2.05) is 0 Å². The molecule has 0 spiro atoms. The second-order valence-electron chi connectivity index (χ2n) is 31.9. The maximum atomic E-state index is 13.1. The molecule has 19 heteroatoms. The van der Waals surface area contributed by atoms with Gasteiger partial charge in [-0.1, -0.05) is 408 Å². The predicted molar refractivity (Wildman–Crippen MR) is 432 cm³/mol. The van der Waals surface area contributed by atoms with Gasteiger partial charge in [-0.15, -0.1) is 0 Å². The van der Waals surface area contributed by atoms with Gasteiger partial charge in [0.1, 0.15) is 19.3 Å². The molecule has 0 fully saturated rings. The van der Waals surface area contributed by atoms with E-state index in [0.717, 1.165) is 102 Å². The Morgan fingerprint density at radius 1 is 0.257 bits per heavy atom. The van der Waals surface area contributed by atoms with Crippen LogP contribution in [0.3, 0.4) is 0 Å². The molecule has 0 radical (unpaired) electrons. The number of esters is 4. The minimum atomic E-state index is -4.97. The van der Waals surface area contributed by atoms with E-state index in [4.69, 9.17) is 37.0 Å². The fourth-order valence-electron chi connectivity index (χ4n) is 13.4. The third kappa shape index (κ3) is 79.9. The lowest BCUT2D eigenvalue weighted by atomic mass is 10.0. The van der Waals surface area contributed by atoms with Crippen molar-refractivity contribution < 1.29 is 80.2 Å². The summed E-state index contributed by atoms with van der Waals surface area (Å²) in [4.78, 5) is 73.2. The minimum Gasteiger partial charge on any atom is -0.462 e. The van der Waals surface area contributed by atoms with Gasteiger partial charge in [-0.2, -0.15) is 0 Å². The van der Waals surface area contributed by atoms with Crippen molar-refractivity contribution in [3.8, 4) is 0 Å². The first-order valence-electron chi connectivity index (χ1n) is 44.5. The van der Waals surface area contributed by atoms with Crippen LogP contribution in [0.1, 0.15) is 459 Å². The Hall–Kier alpha value is -1.94. The second kappa shape index (κ2) is 77.4. The number of unbranched alkanes of at least 4 members (excludes halogenated alkanes) is 55. The number of carbonyl (C=O) groups is 4. The summed E-state index contributed by atoms with van der Waals surface area (Å²) >= 11 is 0. The zero-order valence-corrected chi connectivity index (χ0v) is 70.8. The first-order chi connectivity index (χ1) is 50.9. The Bertz CT molecular complexity index is 2010. The van der Waals surface area contributed by atoms with Gasteiger partial charge in [0.05, 0.1) is 26.4 Å². The Morgan fingerprint density at radius 2 is 0.438 bits per heavy atom. The van der Waals surface area contributed by atoms with Gasteiger partial charge in [0.25, 0.3) is 0 Å². The average Bonchev–Trinajstić information content (AvgIpc) is 0.917. The largest absolute Gasteiger partial charge is 0.472 e. The smallest absolute Gasteiger partial charge is 0.462 e. The van der Waals surface area contributed by atoms with Crippen molar-refractivity contribution in [1.29, 1.82) is 0 Å². The van der Waals surface area contributed by atoms with Gasteiger partial charge in [0.15, 0.2) is 12.2 Å². The summed E-state index contributed by atoms with van der Waals surface area (Å²) in [6.45, 7) is 9.73. The molecule has 0 saturated carbocycles. The zero-order chi connectivity index (χ0) is 77.1. The number of aliphatic hydroxyl groups is 1. The van der Waals surface area contributed by atoms with Gasteiger partial charge in [-0.3, -0.25) is 37.3 Å². The molecule has 0 saturated heterocycles.